The second-order valence-electron chi connectivity index (χ2n) is 10.9. The summed E-state index contributed by atoms with van der Waals surface area (Å²) in [5, 5.41) is 2.49. The topological polar surface area (TPSA) is 113 Å². The maximum absolute atomic E-state index is 13.3. The van der Waals surface area contributed by atoms with E-state index < -0.39 is 51.2 Å². The van der Waals surface area contributed by atoms with Gasteiger partial charge in [-0.2, -0.15) is 31.3 Å². The van der Waals surface area contributed by atoms with E-state index in [1.165, 1.54) is 22.9 Å². The van der Waals surface area contributed by atoms with Gasteiger partial charge in [0.05, 0.1) is 33.6 Å². The largest absolute Gasteiger partial charge is 0.416 e. The van der Waals surface area contributed by atoms with E-state index >= 15 is 0 Å². The Bertz CT molecular complexity index is 2080. The molecule has 0 aliphatic heterocycles. The number of para-hydroxylation sites is 1. The number of anilines is 5. The highest BCUT2D eigenvalue weighted by Crippen LogP contribution is 2.37. The number of alkyl halides is 6. The van der Waals surface area contributed by atoms with E-state index in [2.05, 4.69) is 20.3 Å². The fourth-order valence-corrected chi connectivity index (χ4v) is 5.53. The van der Waals surface area contributed by atoms with Crippen LogP contribution < -0.4 is 15.1 Å². The standard InChI is InChI=1S/C31H27F6N7O3S/c1-42(21-8-10-22(11-9-21)48(4,46)47)28-38-13-12-25(39-28)43(2)23-6-5-7-24-27(23)41-29(44(24)3)40-26(45)16-18-14-19(30(32,33)34)17-20(15-18)31(35,36)37/h5-15,17H,16H2,1-4H3,(H,40,41,45). The Labute approximate surface area is 270 Å². The third-order valence-corrected chi connectivity index (χ3v) is 8.57. The minimum absolute atomic E-state index is 0.00169. The summed E-state index contributed by atoms with van der Waals surface area (Å²) in [4.78, 5) is 29.9. The zero-order valence-electron chi connectivity index (χ0n) is 25.7. The van der Waals surface area contributed by atoms with Crippen molar-refractivity contribution in [2.75, 3.05) is 35.5 Å². The lowest BCUT2D eigenvalue weighted by Crippen LogP contribution is -2.18. The van der Waals surface area contributed by atoms with Crippen molar-refractivity contribution >= 4 is 55.9 Å². The van der Waals surface area contributed by atoms with E-state index in [0.717, 1.165) is 6.26 Å². The molecule has 0 radical (unpaired) electrons. The molecule has 0 saturated carbocycles. The van der Waals surface area contributed by atoms with Gasteiger partial charge in [-0.15, -0.1) is 0 Å². The Morgan fingerprint density at radius 2 is 1.50 bits per heavy atom. The van der Waals surface area contributed by atoms with Crippen molar-refractivity contribution < 1.29 is 39.6 Å². The van der Waals surface area contributed by atoms with Crippen molar-refractivity contribution in [2.45, 2.75) is 23.7 Å². The molecule has 1 N–H and O–H groups in total. The molecule has 2 heterocycles. The molecule has 0 saturated heterocycles. The quantitative estimate of drug-likeness (QED) is 0.183. The number of benzene rings is 3. The number of aryl methyl sites for hydroxylation is 1. The van der Waals surface area contributed by atoms with Crippen molar-refractivity contribution in [3.05, 3.63) is 89.6 Å². The lowest BCUT2D eigenvalue weighted by atomic mass is 10.0. The molecule has 0 aliphatic carbocycles. The third-order valence-electron chi connectivity index (χ3n) is 7.44. The zero-order chi connectivity index (χ0) is 35.2. The van der Waals surface area contributed by atoms with Gasteiger partial charge in [0.15, 0.2) is 9.84 Å². The molecular weight excluding hydrogens is 664 g/mol. The van der Waals surface area contributed by atoms with Gasteiger partial charge < -0.3 is 14.4 Å². The number of sulfone groups is 1. The van der Waals surface area contributed by atoms with Crippen molar-refractivity contribution in [2.24, 2.45) is 7.05 Å². The number of imidazole rings is 1. The molecule has 0 bridgehead atoms. The summed E-state index contributed by atoms with van der Waals surface area (Å²) >= 11 is 0. The first-order chi connectivity index (χ1) is 22.3. The maximum Gasteiger partial charge on any atom is 0.416 e. The number of hydrogen-bond donors (Lipinski definition) is 1. The Morgan fingerprint density at radius 1 is 0.875 bits per heavy atom. The Morgan fingerprint density at radius 3 is 2.08 bits per heavy atom. The summed E-state index contributed by atoms with van der Waals surface area (Å²) in [5.74, 6) is -0.104. The summed E-state index contributed by atoms with van der Waals surface area (Å²) < 4.78 is 105. The van der Waals surface area contributed by atoms with Crippen LogP contribution in [0.25, 0.3) is 11.0 Å². The van der Waals surface area contributed by atoms with Gasteiger partial charge in [-0.3, -0.25) is 10.1 Å². The minimum Gasteiger partial charge on any atom is -0.327 e. The van der Waals surface area contributed by atoms with Crippen LogP contribution in [0.4, 0.5) is 55.4 Å². The van der Waals surface area contributed by atoms with Gasteiger partial charge in [-0.25, -0.2) is 18.4 Å². The number of fused-ring (bicyclic) bond motifs is 1. The third kappa shape index (κ3) is 7.20. The van der Waals surface area contributed by atoms with Crippen LogP contribution in [0.3, 0.4) is 0 Å². The van der Waals surface area contributed by atoms with E-state index in [-0.39, 0.29) is 16.9 Å². The van der Waals surface area contributed by atoms with Gasteiger partial charge in [0.2, 0.25) is 17.8 Å². The molecular formula is C31H27F6N7O3S. The number of hydrogen-bond acceptors (Lipinski definition) is 8. The summed E-state index contributed by atoms with van der Waals surface area (Å²) in [6.45, 7) is 0. The van der Waals surface area contributed by atoms with Gasteiger partial charge in [-0.1, -0.05) is 6.07 Å². The summed E-state index contributed by atoms with van der Waals surface area (Å²) in [6, 6.07) is 14.1. The van der Waals surface area contributed by atoms with Gasteiger partial charge in [0, 0.05) is 39.3 Å². The molecule has 3 aromatic carbocycles. The van der Waals surface area contributed by atoms with Crippen LogP contribution in [0.15, 0.2) is 77.8 Å². The summed E-state index contributed by atoms with van der Waals surface area (Å²) in [7, 11) is 1.65. The number of nitrogens with zero attached hydrogens (tertiary/aromatic N) is 6. The molecule has 0 fully saturated rings. The average molecular weight is 692 g/mol. The van der Waals surface area contributed by atoms with Crippen LogP contribution in [0.2, 0.25) is 0 Å². The van der Waals surface area contributed by atoms with Crippen LogP contribution in [-0.2, 0) is 40.5 Å². The van der Waals surface area contributed by atoms with Crippen LogP contribution in [0, 0.1) is 0 Å². The minimum atomic E-state index is -5.04. The number of aromatic nitrogens is 4. The lowest BCUT2D eigenvalue weighted by Gasteiger charge is -2.22. The van der Waals surface area contributed by atoms with Gasteiger partial charge in [0.25, 0.3) is 0 Å². The van der Waals surface area contributed by atoms with E-state index in [9.17, 15) is 39.6 Å². The number of amides is 1. The van der Waals surface area contributed by atoms with Crippen LogP contribution in [0.5, 0.6) is 0 Å². The average Bonchev–Trinajstić information content (AvgIpc) is 3.33. The van der Waals surface area contributed by atoms with E-state index in [1.807, 2.05) is 0 Å². The van der Waals surface area contributed by atoms with E-state index in [0.29, 0.717) is 46.3 Å². The molecule has 48 heavy (non-hydrogen) atoms. The number of nitrogens with one attached hydrogen (secondary N) is 1. The van der Waals surface area contributed by atoms with Gasteiger partial charge >= 0.3 is 12.4 Å². The smallest absolute Gasteiger partial charge is 0.327 e. The van der Waals surface area contributed by atoms with Crippen LogP contribution >= 0.6 is 0 Å². The first-order valence-corrected chi connectivity index (χ1v) is 15.9. The van der Waals surface area contributed by atoms with E-state index in [4.69, 9.17) is 0 Å². The van der Waals surface area contributed by atoms with E-state index in [1.54, 1.807) is 67.3 Å². The van der Waals surface area contributed by atoms with Crippen LogP contribution in [-0.4, -0.2) is 54.2 Å². The molecule has 0 unspecified atom stereocenters. The number of rotatable bonds is 8. The Hall–Kier alpha value is -5.19. The molecule has 0 atom stereocenters. The van der Waals surface area contributed by atoms with Crippen molar-refractivity contribution in [3.63, 3.8) is 0 Å². The molecule has 252 valence electrons. The van der Waals surface area contributed by atoms with Gasteiger partial charge in [0.1, 0.15) is 11.3 Å². The van der Waals surface area contributed by atoms with Crippen molar-refractivity contribution in [1.29, 1.82) is 0 Å². The maximum atomic E-state index is 13.3. The molecule has 5 aromatic rings. The monoisotopic (exact) mass is 691 g/mol. The highest BCUT2D eigenvalue weighted by Gasteiger charge is 2.37. The fourth-order valence-electron chi connectivity index (χ4n) is 4.90. The van der Waals surface area contributed by atoms with Gasteiger partial charge in [-0.05, 0) is 66.2 Å². The number of carbonyl (C=O) groups excluding carboxylic acids is 1. The van der Waals surface area contributed by atoms with Crippen LogP contribution in [0.1, 0.15) is 16.7 Å². The summed E-state index contributed by atoms with van der Waals surface area (Å²) in [6.07, 6.45) is -8.20. The number of carbonyl (C=O) groups is 1. The predicted molar refractivity (Wildman–Crippen MR) is 167 cm³/mol. The predicted octanol–water partition coefficient (Wildman–Crippen LogP) is 6.52. The SMILES string of the molecule is CN(c1ccc(S(C)(=O)=O)cc1)c1nccc(N(C)c2cccc3c2nc(NC(=O)Cc2cc(C(F)(F)F)cc(C(F)(F)F)c2)n3C)n1. The molecule has 10 nitrogen and oxygen atoms in total. The zero-order valence-corrected chi connectivity index (χ0v) is 26.5. The highest BCUT2D eigenvalue weighted by atomic mass is 32.2. The first kappa shape index (κ1) is 34.2. The molecule has 17 heteroatoms. The molecule has 0 aliphatic rings. The molecule has 0 spiro atoms. The Kier molecular flexibility index (Phi) is 8.85. The first-order valence-electron chi connectivity index (χ1n) is 14.0. The fraction of sp³-hybridized carbons (Fsp3) is 0.226. The molecule has 5 rings (SSSR count). The highest BCUT2D eigenvalue weighted by molar-refractivity contribution is 7.90. The number of halogens is 6. The molecule has 1 amide bonds. The molecule has 2 aromatic heterocycles. The van der Waals surface area contributed by atoms with Crippen molar-refractivity contribution in [3.8, 4) is 0 Å². The van der Waals surface area contributed by atoms with Crippen molar-refractivity contribution in [1.82, 2.24) is 19.5 Å². The second kappa shape index (κ2) is 12.4. The lowest BCUT2D eigenvalue weighted by molar-refractivity contribution is -0.143. The normalized spacial score (nSPS) is 12.3. The Balaban J connectivity index is 1.40. The second-order valence-corrected chi connectivity index (χ2v) is 12.9. The summed E-state index contributed by atoms with van der Waals surface area (Å²) in [5.41, 5.74) is -1.33.